The fourth-order valence-corrected chi connectivity index (χ4v) is 3.96. The van der Waals surface area contributed by atoms with Gasteiger partial charge in [0.2, 0.25) is 0 Å². The van der Waals surface area contributed by atoms with Gasteiger partial charge in [0.25, 0.3) is 0 Å². The molecule has 0 aromatic heterocycles. The average Bonchev–Trinajstić information content (AvgIpc) is 2.51. The van der Waals surface area contributed by atoms with Crippen molar-refractivity contribution in [3.63, 3.8) is 0 Å². The maximum absolute atomic E-state index is 5.82. The maximum Gasteiger partial charge on any atom is 0.0936 e. The predicted molar refractivity (Wildman–Crippen MR) is 80.0 cm³/mol. The van der Waals surface area contributed by atoms with Gasteiger partial charge in [-0.3, -0.25) is 4.90 Å². The third-order valence-corrected chi connectivity index (χ3v) is 5.27. The minimum atomic E-state index is 0.274. The van der Waals surface area contributed by atoms with E-state index in [1.54, 1.807) is 0 Å². The van der Waals surface area contributed by atoms with Gasteiger partial charge >= 0.3 is 0 Å². The zero-order chi connectivity index (χ0) is 13.8. The molecule has 3 unspecified atom stereocenters. The van der Waals surface area contributed by atoms with Gasteiger partial charge in [-0.05, 0) is 25.7 Å². The largest absolute Gasteiger partial charge is 0.376 e. The van der Waals surface area contributed by atoms with Crippen molar-refractivity contribution in [3.05, 3.63) is 0 Å². The van der Waals surface area contributed by atoms with E-state index in [1.165, 1.54) is 38.6 Å². The van der Waals surface area contributed by atoms with Crippen molar-refractivity contribution in [2.45, 2.75) is 57.2 Å². The van der Waals surface area contributed by atoms with E-state index in [0.29, 0.717) is 12.1 Å². The zero-order valence-electron chi connectivity index (χ0n) is 12.9. The van der Waals surface area contributed by atoms with Crippen LogP contribution in [0.3, 0.4) is 0 Å². The highest BCUT2D eigenvalue weighted by Gasteiger charge is 2.32. The normalized spacial score (nSPS) is 38.0. The summed E-state index contributed by atoms with van der Waals surface area (Å²) in [5.41, 5.74) is 0. The van der Waals surface area contributed by atoms with Gasteiger partial charge in [0.05, 0.1) is 25.9 Å². The van der Waals surface area contributed by atoms with Crippen LogP contribution in [0, 0.1) is 5.92 Å². The number of nitrogens with one attached hydrogen (secondary N) is 1. The molecule has 3 aliphatic rings. The molecule has 0 aromatic carbocycles. The first-order valence-electron chi connectivity index (χ1n) is 8.49. The molecular formula is C16H30N2O2. The van der Waals surface area contributed by atoms with E-state index in [0.717, 1.165) is 38.8 Å². The fraction of sp³-hybridized carbons (Fsp3) is 1.00. The fourth-order valence-electron chi connectivity index (χ4n) is 3.96. The molecule has 1 saturated carbocycles. The van der Waals surface area contributed by atoms with E-state index >= 15 is 0 Å². The van der Waals surface area contributed by atoms with Crippen LogP contribution in [0.5, 0.6) is 0 Å². The number of piperazine rings is 1. The molecule has 2 aliphatic heterocycles. The molecule has 20 heavy (non-hydrogen) atoms. The molecule has 0 amide bonds. The highest BCUT2D eigenvalue weighted by molar-refractivity contribution is 4.90. The molecule has 3 rings (SSSR count). The number of rotatable bonds is 3. The molecule has 0 aromatic rings. The lowest BCUT2D eigenvalue weighted by molar-refractivity contribution is -0.103. The van der Waals surface area contributed by atoms with Gasteiger partial charge in [-0.1, -0.05) is 19.3 Å². The number of ether oxygens (including phenoxy) is 2. The molecule has 4 heteroatoms. The molecule has 3 atom stereocenters. The molecule has 4 nitrogen and oxygen atoms in total. The van der Waals surface area contributed by atoms with Gasteiger partial charge in [0.1, 0.15) is 0 Å². The lowest BCUT2D eigenvalue weighted by Gasteiger charge is -2.44. The van der Waals surface area contributed by atoms with Gasteiger partial charge in [0.15, 0.2) is 0 Å². The summed E-state index contributed by atoms with van der Waals surface area (Å²) in [4.78, 5) is 2.62. The highest BCUT2D eigenvalue weighted by atomic mass is 16.6. The topological polar surface area (TPSA) is 33.7 Å². The Morgan fingerprint density at radius 3 is 2.75 bits per heavy atom. The lowest BCUT2D eigenvalue weighted by Crippen LogP contribution is -2.59. The van der Waals surface area contributed by atoms with Crippen molar-refractivity contribution in [3.8, 4) is 0 Å². The van der Waals surface area contributed by atoms with Crippen LogP contribution in [0.25, 0.3) is 0 Å². The Bertz CT molecular complexity index is 288. The van der Waals surface area contributed by atoms with Crippen LogP contribution in [0.15, 0.2) is 0 Å². The summed E-state index contributed by atoms with van der Waals surface area (Å²) >= 11 is 0. The number of nitrogens with zero attached hydrogens (tertiary/aromatic N) is 1. The van der Waals surface area contributed by atoms with E-state index < -0.39 is 0 Å². The summed E-state index contributed by atoms with van der Waals surface area (Å²) in [6.45, 7) is 7.96. The first kappa shape index (κ1) is 14.8. The molecule has 2 heterocycles. The van der Waals surface area contributed by atoms with E-state index in [1.807, 2.05) is 0 Å². The molecule has 1 aliphatic carbocycles. The van der Waals surface area contributed by atoms with E-state index in [4.69, 9.17) is 9.47 Å². The van der Waals surface area contributed by atoms with Crippen molar-refractivity contribution >= 4 is 0 Å². The van der Waals surface area contributed by atoms with Crippen molar-refractivity contribution < 1.29 is 9.47 Å². The third kappa shape index (κ3) is 3.73. The Balaban J connectivity index is 1.52. The van der Waals surface area contributed by atoms with Crippen LogP contribution in [0.4, 0.5) is 0 Å². The van der Waals surface area contributed by atoms with Crippen molar-refractivity contribution in [1.29, 1.82) is 0 Å². The van der Waals surface area contributed by atoms with Crippen molar-refractivity contribution in [1.82, 2.24) is 10.2 Å². The van der Waals surface area contributed by atoms with E-state index in [-0.39, 0.29) is 6.10 Å². The van der Waals surface area contributed by atoms with Gasteiger partial charge in [-0.2, -0.15) is 0 Å². The summed E-state index contributed by atoms with van der Waals surface area (Å²) in [5.74, 6) is 0.891. The lowest BCUT2D eigenvalue weighted by atomic mass is 9.82. The Hall–Kier alpha value is -0.160. The van der Waals surface area contributed by atoms with Crippen LogP contribution in [-0.4, -0.2) is 62.5 Å². The minimum absolute atomic E-state index is 0.274. The van der Waals surface area contributed by atoms with Crippen LogP contribution in [-0.2, 0) is 9.47 Å². The summed E-state index contributed by atoms with van der Waals surface area (Å²) < 4.78 is 11.4. The number of hydrogen-bond donors (Lipinski definition) is 1. The number of hydrogen-bond acceptors (Lipinski definition) is 4. The molecule has 0 radical (unpaired) electrons. The molecular weight excluding hydrogens is 252 g/mol. The molecule has 116 valence electrons. The Morgan fingerprint density at radius 2 is 2.00 bits per heavy atom. The molecule has 2 saturated heterocycles. The van der Waals surface area contributed by atoms with Gasteiger partial charge in [-0.25, -0.2) is 0 Å². The average molecular weight is 282 g/mol. The van der Waals surface area contributed by atoms with Crippen LogP contribution >= 0.6 is 0 Å². The summed E-state index contributed by atoms with van der Waals surface area (Å²) in [6.07, 6.45) is 7.41. The summed E-state index contributed by atoms with van der Waals surface area (Å²) in [7, 11) is 0. The molecule has 3 fully saturated rings. The van der Waals surface area contributed by atoms with Crippen LogP contribution in [0.2, 0.25) is 0 Å². The molecule has 0 bridgehead atoms. The van der Waals surface area contributed by atoms with Crippen molar-refractivity contribution in [2.24, 2.45) is 5.92 Å². The van der Waals surface area contributed by atoms with E-state index in [9.17, 15) is 0 Å². The smallest absolute Gasteiger partial charge is 0.0936 e. The second-order valence-electron chi connectivity index (χ2n) is 6.78. The van der Waals surface area contributed by atoms with E-state index in [2.05, 4.69) is 17.1 Å². The first-order valence-corrected chi connectivity index (χ1v) is 8.49. The zero-order valence-corrected chi connectivity index (χ0v) is 12.9. The quantitative estimate of drug-likeness (QED) is 0.853. The Morgan fingerprint density at radius 1 is 1.15 bits per heavy atom. The third-order valence-electron chi connectivity index (χ3n) is 5.27. The molecule has 1 N–H and O–H groups in total. The highest BCUT2D eigenvalue weighted by Crippen LogP contribution is 2.28. The second-order valence-corrected chi connectivity index (χ2v) is 6.78. The Labute approximate surface area is 123 Å². The standard InChI is InChI=1S/C16H30N2O2/c1-13-9-17-16(14-5-3-2-4-6-14)11-18(13)10-15-12-19-7-8-20-15/h13-17H,2-12H2,1H3. The first-order chi connectivity index (χ1) is 9.83. The van der Waals surface area contributed by atoms with Gasteiger partial charge < -0.3 is 14.8 Å². The van der Waals surface area contributed by atoms with Crippen LogP contribution in [0.1, 0.15) is 39.0 Å². The predicted octanol–water partition coefficient (Wildman–Crippen LogP) is 1.64. The molecule has 0 spiro atoms. The maximum atomic E-state index is 5.82. The van der Waals surface area contributed by atoms with Gasteiger partial charge in [0, 0.05) is 31.7 Å². The minimum Gasteiger partial charge on any atom is -0.376 e. The monoisotopic (exact) mass is 282 g/mol. The SMILES string of the molecule is CC1CNC(C2CCCCC2)CN1CC1COCCO1. The second kappa shape index (κ2) is 7.21. The van der Waals surface area contributed by atoms with Gasteiger partial charge in [-0.15, -0.1) is 0 Å². The van der Waals surface area contributed by atoms with Crippen LogP contribution < -0.4 is 5.32 Å². The summed E-state index contributed by atoms with van der Waals surface area (Å²) in [6, 6.07) is 1.30. The Kier molecular flexibility index (Phi) is 5.32. The summed E-state index contributed by atoms with van der Waals surface area (Å²) in [5, 5.41) is 3.79. The van der Waals surface area contributed by atoms with Crippen molar-refractivity contribution in [2.75, 3.05) is 39.5 Å².